The smallest absolute Gasteiger partial charge is 0.258 e. The van der Waals surface area contributed by atoms with Crippen LogP contribution >= 0.6 is 11.6 Å². The summed E-state index contributed by atoms with van der Waals surface area (Å²) in [5.74, 6) is 0.204. The molecule has 3 aromatic carbocycles. The summed E-state index contributed by atoms with van der Waals surface area (Å²) in [5, 5.41) is 3.51. The number of hydrogen-bond acceptors (Lipinski definition) is 4. The summed E-state index contributed by atoms with van der Waals surface area (Å²) < 4.78 is 31.7. The number of anilines is 1. The Morgan fingerprint density at radius 3 is 2.18 bits per heavy atom. The Balaban J connectivity index is 1.60. The van der Waals surface area contributed by atoms with Crippen LogP contribution in [-0.2, 0) is 21.4 Å². The second-order valence-corrected chi connectivity index (χ2v) is 10.2. The lowest BCUT2D eigenvalue weighted by Gasteiger charge is -2.23. The lowest BCUT2D eigenvalue weighted by Crippen LogP contribution is -2.31. The van der Waals surface area contributed by atoms with Crippen LogP contribution in [0, 0.1) is 6.92 Å². The molecule has 0 aliphatic carbocycles. The van der Waals surface area contributed by atoms with Gasteiger partial charge < -0.3 is 10.1 Å². The molecule has 1 N–H and O–H groups in total. The largest absolute Gasteiger partial charge is 0.484 e. The molecule has 174 valence electrons. The van der Waals surface area contributed by atoms with Gasteiger partial charge in [0.1, 0.15) is 5.75 Å². The van der Waals surface area contributed by atoms with E-state index in [0.717, 1.165) is 16.7 Å². The zero-order valence-electron chi connectivity index (χ0n) is 18.8. The fraction of sp³-hybridized carbons (Fsp3) is 0.240. The Labute approximate surface area is 200 Å². The van der Waals surface area contributed by atoms with Crippen molar-refractivity contribution < 1.29 is 17.9 Å². The van der Waals surface area contributed by atoms with E-state index in [4.69, 9.17) is 16.3 Å². The second-order valence-electron chi connectivity index (χ2n) is 7.88. The number of carbonyl (C=O) groups excluding carboxylic acids is 1. The van der Waals surface area contributed by atoms with E-state index in [-0.39, 0.29) is 25.1 Å². The monoisotopic (exact) mass is 486 g/mol. The first-order chi connectivity index (χ1) is 15.6. The highest BCUT2D eigenvalue weighted by atomic mass is 35.5. The molecule has 0 saturated carbocycles. The molecule has 0 radical (unpaired) electrons. The lowest BCUT2D eigenvalue weighted by molar-refractivity contribution is -0.123. The average molecular weight is 487 g/mol. The van der Waals surface area contributed by atoms with Gasteiger partial charge in [0.05, 0.1) is 24.5 Å². The standard InChI is InChI=1S/C25H27ClN2O4S/c1-18-4-6-20(7-5-18)16-28(33(3,30)31)23-12-14-24(15-13-23)32-17-25(29)27-19(2)21-8-10-22(26)11-9-21/h4-15,19H,16-17H2,1-3H3,(H,27,29)/t19-/m0/s1. The SMILES string of the molecule is Cc1ccc(CN(c2ccc(OCC(=O)N[C@@H](C)c3ccc(Cl)cc3)cc2)S(C)(=O)=O)cc1. The molecule has 0 aliphatic rings. The molecule has 0 bridgehead atoms. The Kier molecular flexibility index (Phi) is 8.00. The Morgan fingerprint density at radius 1 is 1.00 bits per heavy atom. The van der Waals surface area contributed by atoms with Gasteiger partial charge in [-0.3, -0.25) is 9.10 Å². The number of nitrogens with zero attached hydrogens (tertiary/aromatic N) is 1. The summed E-state index contributed by atoms with van der Waals surface area (Å²) >= 11 is 5.90. The first-order valence-corrected chi connectivity index (χ1v) is 12.7. The third kappa shape index (κ3) is 7.23. The highest BCUT2D eigenvalue weighted by molar-refractivity contribution is 7.92. The third-order valence-corrected chi connectivity index (χ3v) is 6.48. The molecule has 1 amide bonds. The zero-order valence-corrected chi connectivity index (χ0v) is 20.4. The van der Waals surface area contributed by atoms with Crippen molar-refractivity contribution in [3.63, 3.8) is 0 Å². The van der Waals surface area contributed by atoms with Gasteiger partial charge in [-0.05, 0) is 61.4 Å². The van der Waals surface area contributed by atoms with Crippen molar-refractivity contribution in [3.8, 4) is 5.75 Å². The van der Waals surface area contributed by atoms with E-state index in [9.17, 15) is 13.2 Å². The maximum absolute atomic E-state index is 12.4. The molecule has 8 heteroatoms. The van der Waals surface area contributed by atoms with Crippen molar-refractivity contribution >= 4 is 33.2 Å². The van der Waals surface area contributed by atoms with Crippen molar-refractivity contribution in [2.75, 3.05) is 17.2 Å². The molecule has 0 saturated heterocycles. The van der Waals surface area contributed by atoms with Crippen molar-refractivity contribution in [2.45, 2.75) is 26.4 Å². The highest BCUT2D eigenvalue weighted by Gasteiger charge is 2.18. The van der Waals surface area contributed by atoms with Gasteiger partial charge in [0.25, 0.3) is 5.91 Å². The number of aryl methyl sites for hydroxylation is 1. The summed E-state index contributed by atoms with van der Waals surface area (Å²) in [7, 11) is -3.49. The minimum atomic E-state index is -3.49. The number of halogens is 1. The summed E-state index contributed by atoms with van der Waals surface area (Å²) in [6, 6.07) is 21.4. The van der Waals surface area contributed by atoms with Crippen LogP contribution in [0.5, 0.6) is 5.75 Å². The topological polar surface area (TPSA) is 75.7 Å². The number of carbonyl (C=O) groups is 1. The third-order valence-electron chi connectivity index (χ3n) is 5.09. The Hall–Kier alpha value is -3.03. The summed E-state index contributed by atoms with van der Waals surface area (Å²) in [6.07, 6.45) is 1.18. The maximum Gasteiger partial charge on any atom is 0.258 e. The summed E-state index contributed by atoms with van der Waals surface area (Å²) in [6.45, 7) is 3.93. The Bertz CT molecular complexity index is 1180. The second kappa shape index (κ2) is 10.7. The minimum Gasteiger partial charge on any atom is -0.484 e. The van der Waals surface area contributed by atoms with E-state index in [0.29, 0.717) is 16.5 Å². The normalized spacial score (nSPS) is 12.1. The molecule has 0 heterocycles. The summed E-state index contributed by atoms with van der Waals surface area (Å²) in [5.41, 5.74) is 3.45. The number of nitrogens with one attached hydrogen (secondary N) is 1. The molecule has 0 spiro atoms. The van der Waals surface area contributed by atoms with E-state index < -0.39 is 10.0 Å². The van der Waals surface area contributed by atoms with Gasteiger partial charge in [-0.25, -0.2) is 8.42 Å². The van der Waals surface area contributed by atoms with E-state index >= 15 is 0 Å². The predicted molar refractivity (Wildman–Crippen MR) is 132 cm³/mol. The molecule has 6 nitrogen and oxygen atoms in total. The van der Waals surface area contributed by atoms with Crippen molar-refractivity contribution in [3.05, 3.63) is 94.5 Å². The van der Waals surface area contributed by atoms with Crippen LogP contribution < -0.4 is 14.4 Å². The first-order valence-electron chi connectivity index (χ1n) is 10.4. The average Bonchev–Trinajstić information content (AvgIpc) is 2.77. The molecule has 1 atom stereocenters. The van der Waals surface area contributed by atoms with Crippen LogP contribution in [0.2, 0.25) is 5.02 Å². The number of benzene rings is 3. The van der Waals surface area contributed by atoms with Gasteiger partial charge in [-0.1, -0.05) is 53.6 Å². The van der Waals surface area contributed by atoms with Crippen molar-refractivity contribution in [1.29, 1.82) is 0 Å². The molecule has 3 aromatic rings. The number of amides is 1. The number of hydrogen-bond donors (Lipinski definition) is 1. The van der Waals surface area contributed by atoms with E-state index in [1.165, 1.54) is 10.6 Å². The van der Waals surface area contributed by atoms with Crippen LogP contribution in [0.25, 0.3) is 0 Å². The molecule has 33 heavy (non-hydrogen) atoms. The summed E-state index contributed by atoms with van der Waals surface area (Å²) in [4.78, 5) is 12.3. The van der Waals surface area contributed by atoms with Gasteiger partial charge in [0, 0.05) is 5.02 Å². The van der Waals surface area contributed by atoms with Gasteiger partial charge in [0.15, 0.2) is 6.61 Å². The molecule has 0 fully saturated rings. The van der Waals surface area contributed by atoms with E-state index in [1.54, 1.807) is 36.4 Å². The highest BCUT2D eigenvalue weighted by Crippen LogP contribution is 2.24. The maximum atomic E-state index is 12.4. The number of sulfonamides is 1. The van der Waals surface area contributed by atoms with Gasteiger partial charge in [-0.15, -0.1) is 0 Å². The van der Waals surface area contributed by atoms with Crippen LogP contribution in [-0.4, -0.2) is 27.2 Å². The van der Waals surface area contributed by atoms with Crippen LogP contribution in [0.15, 0.2) is 72.8 Å². The van der Waals surface area contributed by atoms with Crippen LogP contribution in [0.1, 0.15) is 29.7 Å². The van der Waals surface area contributed by atoms with E-state index in [2.05, 4.69) is 5.32 Å². The fourth-order valence-electron chi connectivity index (χ4n) is 3.23. The molecule has 0 unspecified atom stereocenters. The fourth-order valence-corrected chi connectivity index (χ4v) is 4.25. The van der Waals surface area contributed by atoms with Gasteiger partial charge in [-0.2, -0.15) is 0 Å². The molecular weight excluding hydrogens is 460 g/mol. The Morgan fingerprint density at radius 2 is 1.61 bits per heavy atom. The molecule has 0 aromatic heterocycles. The van der Waals surface area contributed by atoms with Crippen molar-refractivity contribution in [1.82, 2.24) is 5.32 Å². The number of rotatable bonds is 9. The minimum absolute atomic E-state index is 0.156. The van der Waals surface area contributed by atoms with Crippen molar-refractivity contribution in [2.24, 2.45) is 0 Å². The molecular formula is C25H27ClN2O4S. The van der Waals surface area contributed by atoms with Gasteiger partial charge in [0.2, 0.25) is 10.0 Å². The van der Waals surface area contributed by atoms with E-state index in [1.807, 2.05) is 50.2 Å². The zero-order chi connectivity index (χ0) is 24.0. The molecule has 3 rings (SSSR count). The van der Waals surface area contributed by atoms with Gasteiger partial charge >= 0.3 is 0 Å². The van der Waals surface area contributed by atoms with Crippen LogP contribution in [0.4, 0.5) is 5.69 Å². The lowest BCUT2D eigenvalue weighted by atomic mass is 10.1. The first kappa shape index (κ1) is 24.6. The molecule has 0 aliphatic heterocycles. The van der Waals surface area contributed by atoms with Crippen LogP contribution in [0.3, 0.4) is 0 Å². The predicted octanol–water partition coefficient (Wildman–Crippen LogP) is 4.87. The quantitative estimate of drug-likeness (QED) is 0.468. The number of ether oxygens (including phenoxy) is 1.